The highest BCUT2D eigenvalue weighted by molar-refractivity contribution is 8.00. The van der Waals surface area contributed by atoms with Gasteiger partial charge in [0.1, 0.15) is 16.2 Å². The topological polar surface area (TPSA) is 46.1 Å². The van der Waals surface area contributed by atoms with E-state index < -0.39 is 0 Å². The van der Waals surface area contributed by atoms with Crippen LogP contribution < -0.4 is 0 Å². The summed E-state index contributed by atoms with van der Waals surface area (Å²) < 4.78 is 0. The average Bonchev–Trinajstić information content (AvgIpc) is 2.80. The van der Waals surface area contributed by atoms with Crippen LogP contribution in [0.2, 0.25) is 0 Å². The zero-order valence-electron chi connectivity index (χ0n) is 14.1. The summed E-state index contributed by atoms with van der Waals surface area (Å²) in [4.78, 5) is 25.8. The summed E-state index contributed by atoms with van der Waals surface area (Å²) in [6.07, 6.45) is 5.05. The molecule has 1 fully saturated rings. The number of amides is 1. The van der Waals surface area contributed by atoms with Crippen LogP contribution in [0.3, 0.4) is 0 Å². The molecule has 124 valence electrons. The first-order valence-corrected chi connectivity index (χ1v) is 9.94. The summed E-state index contributed by atoms with van der Waals surface area (Å²) in [5.74, 6) is 0.681. The fourth-order valence-corrected chi connectivity index (χ4v) is 5.36. The molecular formula is C17H23N3OS2. The molecule has 2 aromatic rings. The summed E-state index contributed by atoms with van der Waals surface area (Å²) in [5, 5.41) is 2.05. The van der Waals surface area contributed by atoms with E-state index in [1.165, 1.54) is 16.9 Å². The number of hydrogen-bond acceptors (Lipinski definition) is 5. The van der Waals surface area contributed by atoms with Crippen molar-refractivity contribution in [3.05, 3.63) is 16.8 Å². The van der Waals surface area contributed by atoms with Gasteiger partial charge in [-0.1, -0.05) is 11.8 Å². The van der Waals surface area contributed by atoms with Crippen LogP contribution in [-0.2, 0) is 4.79 Å². The SMILES string of the molecule is Cc1sc2ncnc(SCC(=O)N3[C@@H](C)CCC[C@@H]3C)c2c1C. The number of aryl methyl sites for hydroxylation is 2. The lowest BCUT2D eigenvalue weighted by atomic mass is 9.98. The van der Waals surface area contributed by atoms with Crippen LogP contribution in [0.5, 0.6) is 0 Å². The molecule has 23 heavy (non-hydrogen) atoms. The first kappa shape index (κ1) is 16.7. The van der Waals surface area contributed by atoms with E-state index in [1.807, 2.05) is 0 Å². The first-order chi connectivity index (χ1) is 11.0. The summed E-state index contributed by atoms with van der Waals surface area (Å²) in [6.45, 7) is 8.54. The lowest BCUT2D eigenvalue weighted by Gasteiger charge is -2.39. The summed E-state index contributed by atoms with van der Waals surface area (Å²) in [6, 6.07) is 0.699. The van der Waals surface area contributed by atoms with Gasteiger partial charge in [-0.25, -0.2) is 9.97 Å². The Morgan fingerprint density at radius 2 is 2.00 bits per heavy atom. The van der Waals surface area contributed by atoms with Crippen molar-refractivity contribution in [2.75, 3.05) is 5.75 Å². The van der Waals surface area contributed by atoms with E-state index in [0.29, 0.717) is 17.8 Å². The molecule has 1 saturated heterocycles. The Labute approximate surface area is 145 Å². The third-order valence-corrected chi connectivity index (χ3v) is 6.83. The minimum atomic E-state index is 0.228. The van der Waals surface area contributed by atoms with E-state index in [0.717, 1.165) is 28.1 Å². The fraction of sp³-hybridized carbons (Fsp3) is 0.588. The van der Waals surface area contributed by atoms with Crippen LogP contribution >= 0.6 is 23.1 Å². The molecule has 0 saturated carbocycles. The van der Waals surface area contributed by atoms with Crippen molar-refractivity contribution in [2.45, 2.75) is 64.1 Å². The van der Waals surface area contributed by atoms with Crippen molar-refractivity contribution in [3.8, 4) is 0 Å². The predicted octanol–water partition coefficient (Wildman–Crippen LogP) is 4.19. The molecule has 0 unspecified atom stereocenters. The molecule has 1 amide bonds. The Morgan fingerprint density at radius 1 is 1.30 bits per heavy atom. The fourth-order valence-electron chi connectivity index (χ4n) is 3.38. The van der Waals surface area contributed by atoms with Gasteiger partial charge >= 0.3 is 0 Å². The van der Waals surface area contributed by atoms with Crippen molar-refractivity contribution in [1.29, 1.82) is 0 Å². The van der Waals surface area contributed by atoms with E-state index in [9.17, 15) is 4.79 Å². The van der Waals surface area contributed by atoms with E-state index >= 15 is 0 Å². The zero-order valence-corrected chi connectivity index (χ0v) is 15.8. The van der Waals surface area contributed by atoms with E-state index in [4.69, 9.17) is 0 Å². The standard InChI is InChI=1S/C17H23N3OS2/c1-10-6-5-7-11(2)20(10)14(21)8-22-16-15-12(3)13(4)23-17(15)19-9-18-16/h9-11H,5-8H2,1-4H3/t10-,11-/m0/s1. The van der Waals surface area contributed by atoms with Crippen molar-refractivity contribution >= 4 is 39.2 Å². The van der Waals surface area contributed by atoms with Gasteiger partial charge in [-0.2, -0.15) is 0 Å². The number of thioether (sulfide) groups is 1. The third kappa shape index (κ3) is 3.24. The Hall–Kier alpha value is -1.14. The molecule has 1 aliphatic heterocycles. The maximum atomic E-state index is 12.7. The molecule has 0 aliphatic carbocycles. The van der Waals surface area contributed by atoms with Gasteiger partial charge in [0, 0.05) is 22.3 Å². The molecule has 0 radical (unpaired) electrons. The van der Waals surface area contributed by atoms with E-state index in [2.05, 4.69) is 42.6 Å². The molecule has 3 rings (SSSR count). The van der Waals surface area contributed by atoms with Gasteiger partial charge in [-0.3, -0.25) is 4.79 Å². The van der Waals surface area contributed by atoms with Crippen molar-refractivity contribution in [3.63, 3.8) is 0 Å². The smallest absolute Gasteiger partial charge is 0.233 e. The molecule has 6 heteroatoms. The number of carbonyl (C=O) groups excluding carboxylic acids is 1. The number of likely N-dealkylation sites (tertiary alicyclic amines) is 1. The molecular weight excluding hydrogens is 326 g/mol. The summed E-state index contributed by atoms with van der Waals surface area (Å²) in [7, 11) is 0. The summed E-state index contributed by atoms with van der Waals surface area (Å²) in [5.41, 5.74) is 1.24. The van der Waals surface area contributed by atoms with E-state index in [-0.39, 0.29) is 5.91 Å². The summed E-state index contributed by atoms with van der Waals surface area (Å²) >= 11 is 3.24. The van der Waals surface area contributed by atoms with Crippen molar-refractivity contribution in [2.24, 2.45) is 0 Å². The number of carbonyl (C=O) groups is 1. The number of nitrogens with zero attached hydrogens (tertiary/aromatic N) is 3. The van der Waals surface area contributed by atoms with Gasteiger partial charge in [-0.05, 0) is 52.5 Å². The van der Waals surface area contributed by atoms with Crippen molar-refractivity contribution in [1.82, 2.24) is 14.9 Å². The minimum absolute atomic E-state index is 0.228. The number of rotatable bonds is 3. The highest BCUT2D eigenvalue weighted by Gasteiger charge is 2.28. The highest BCUT2D eigenvalue weighted by atomic mass is 32.2. The molecule has 2 atom stereocenters. The normalized spacial score (nSPS) is 21.8. The Morgan fingerprint density at radius 3 is 2.70 bits per heavy atom. The number of hydrogen-bond donors (Lipinski definition) is 0. The molecule has 0 N–H and O–H groups in total. The number of fused-ring (bicyclic) bond motifs is 1. The Balaban J connectivity index is 1.77. The minimum Gasteiger partial charge on any atom is -0.337 e. The average molecular weight is 350 g/mol. The van der Waals surface area contributed by atoms with Crippen molar-refractivity contribution < 1.29 is 4.79 Å². The van der Waals surface area contributed by atoms with Crippen LogP contribution in [0.1, 0.15) is 43.6 Å². The monoisotopic (exact) mass is 349 g/mol. The molecule has 0 bridgehead atoms. The second-order valence-electron chi connectivity index (χ2n) is 6.36. The maximum Gasteiger partial charge on any atom is 0.233 e. The Kier molecular flexibility index (Phi) is 4.92. The lowest BCUT2D eigenvalue weighted by Crippen LogP contribution is -2.48. The van der Waals surface area contributed by atoms with E-state index in [1.54, 1.807) is 29.4 Å². The molecule has 0 aromatic carbocycles. The molecule has 0 spiro atoms. The number of thiophene rings is 1. The quantitative estimate of drug-likeness (QED) is 0.616. The van der Waals surface area contributed by atoms with Crippen LogP contribution in [0.4, 0.5) is 0 Å². The highest BCUT2D eigenvalue weighted by Crippen LogP contribution is 2.34. The molecule has 3 heterocycles. The van der Waals surface area contributed by atoms with Gasteiger partial charge in [0.2, 0.25) is 5.91 Å². The lowest BCUT2D eigenvalue weighted by molar-refractivity contribution is -0.134. The van der Waals surface area contributed by atoms with Crippen LogP contribution in [0, 0.1) is 13.8 Å². The van der Waals surface area contributed by atoms with Crippen LogP contribution in [0.15, 0.2) is 11.4 Å². The molecule has 2 aromatic heterocycles. The Bertz CT molecular complexity index is 718. The van der Waals surface area contributed by atoms with Gasteiger partial charge in [0.25, 0.3) is 0 Å². The second-order valence-corrected chi connectivity index (χ2v) is 8.53. The van der Waals surface area contributed by atoms with Gasteiger partial charge in [0.15, 0.2) is 0 Å². The van der Waals surface area contributed by atoms with Gasteiger partial charge in [-0.15, -0.1) is 11.3 Å². The molecule has 1 aliphatic rings. The van der Waals surface area contributed by atoms with Gasteiger partial charge in [0.05, 0.1) is 5.75 Å². The maximum absolute atomic E-state index is 12.7. The number of piperidine rings is 1. The number of aromatic nitrogens is 2. The largest absolute Gasteiger partial charge is 0.337 e. The zero-order chi connectivity index (χ0) is 16.6. The second kappa shape index (κ2) is 6.77. The predicted molar refractivity (Wildman–Crippen MR) is 97.2 cm³/mol. The van der Waals surface area contributed by atoms with Crippen LogP contribution in [-0.4, -0.2) is 38.6 Å². The first-order valence-electron chi connectivity index (χ1n) is 8.13. The van der Waals surface area contributed by atoms with Crippen LogP contribution in [0.25, 0.3) is 10.2 Å². The third-order valence-electron chi connectivity index (χ3n) is 4.74. The van der Waals surface area contributed by atoms with Gasteiger partial charge < -0.3 is 4.90 Å². The molecule has 4 nitrogen and oxygen atoms in total.